The first-order valence-electron chi connectivity index (χ1n) is 20.9. The summed E-state index contributed by atoms with van der Waals surface area (Å²) in [7, 11) is 7.03. The average molecular weight is 857 g/mol. The minimum Gasteiger partial charge on any atom is -0.496 e. The Morgan fingerprint density at radius 3 is 1.02 bits per heavy atom. The van der Waals surface area contributed by atoms with E-state index in [0.717, 1.165) is 45.4 Å². The van der Waals surface area contributed by atoms with Crippen molar-refractivity contribution in [2.75, 3.05) is 55.5 Å². The van der Waals surface area contributed by atoms with Gasteiger partial charge in [-0.1, -0.05) is 41.5 Å². The summed E-state index contributed by atoms with van der Waals surface area (Å²) in [5, 5.41) is 0. The number of hydrogen-bond acceptors (Lipinski definition) is 11. The van der Waals surface area contributed by atoms with Gasteiger partial charge in [-0.2, -0.15) is 8.42 Å². The van der Waals surface area contributed by atoms with E-state index < -0.39 is 32.6 Å². The summed E-state index contributed by atoms with van der Waals surface area (Å²) >= 11 is 0. The average Bonchev–Trinajstić information content (AvgIpc) is 3.60. The summed E-state index contributed by atoms with van der Waals surface area (Å²) in [5.41, 5.74) is 5.11. The highest BCUT2D eigenvalue weighted by Gasteiger charge is 2.65. The number of ketones is 1. The number of carbonyl (C=O) groups is 1. The first kappa shape index (κ1) is 44.0. The summed E-state index contributed by atoms with van der Waals surface area (Å²) in [5.74, 6) is 2.64. The van der Waals surface area contributed by atoms with Crippen LogP contribution in [0.15, 0.2) is 48.5 Å². The highest BCUT2D eigenvalue weighted by molar-refractivity contribution is 7.87. The maximum atomic E-state index is 14.4. The van der Waals surface area contributed by atoms with E-state index in [1.54, 1.807) is 55.8 Å². The van der Waals surface area contributed by atoms with E-state index in [4.69, 9.17) is 37.3 Å². The molecule has 0 unspecified atom stereocenters. The Morgan fingerprint density at radius 1 is 0.492 bits per heavy atom. The fourth-order valence-corrected chi connectivity index (χ4v) is 12.4. The normalized spacial score (nSPS) is 23.9. The molecule has 3 aliphatic carbocycles. The van der Waals surface area contributed by atoms with E-state index in [2.05, 4.69) is 39.0 Å². The van der Waals surface area contributed by atoms with Crippen LogP contribution in [-0.2, 0) is 14.9 Å². The van der Waals surface area contributed by atoms with Crippen molar-refractivity contribution in [1.29, 1.82) is 0 Å². The standard InChI is InChI=1S/C49H60O11S/c1-26-31-17-32(40(54-8)21-39(31)53-7)27(2)35-19-36(44(58-12)23-43(35)57-11)29(4)38-20-37(28(3)34-18-33(26)41(55-9)22-42(34)56-10)45(59-13)24-46(38)60-61(51,52)25-49-15-14-30(16-47(49)50)48(49,5)6/h17-24,26-30H,14-16,25H2,1-13H3/t26-,27+,28-,29+,30-,49-/m1/s1. The summed E-state index contributed by atoms with van der Waals surface area (Å²) in [6.07, 6.45) is 1.72. The SMILES string of the molecule is COc1cc(OC)c2cc1[C@H](C)c1cc(c(OC)cc1OC)[C@H](C)c1cc(c(OC)cc1OC)[C@H](C)c1cc(c(OC)cc1OS(=O)(=O)C[C@]13CC[C@H](CC1=O)C3(C)C)[C@@H]2C. The van der Waals surface area contributed by atoms with Gasteiger partial charge in [0.2, 0.25) is 0 Å². The smallest absolute Gasteiger partial charge is 0.310 e. The number of benzene rings is 4. The molecule has 0 N–H and O–H groups in total. The number of fused-ring (bicyclic) bond motifs is 10. The van der Waals surface area contributed by atoms with Gasteiger partial charge in [-0.25, -0.2) is 0 Å². The molecule has 12 heteroatoms. The molecule has 10 bridgehead atoms. The topological polar surface area (TPSA) is 125 Å². The zero-order valence-electron chi connectivity index (χ0n) is 37.7. The van der Waals surface area contributed by atoms with Crippen molar-refractivity contribution in [2.45, 2.75) is 84.5 Å². The Hall–Kier alpha value is -5.10. The monoisotopic (exact) mass is 856 g/mol. The summed E-state index contributed by atoms with van der Waals surface area (Å²) in [6, 6.07) is 15.6. The number of methoxy groups -OCH3 is 7. The quantitative estimate of drug-likeness (QED) is 0.134. The van der Waals surface area contributed by atoms with Crippen LogP contribution in [0.5, 0.6) is 46.0 Å². The van der Waals surface area contributed by atoms with E-state index in [1.165, 1.54) is 0 Å². The van der Waals surface area contributed by atoms with Crippen molar-refractivity contribution in [3.05, 3.63) is 93.0 Å². The molecule has 7 rings (SSSR count). The van der Waals surface area contributed by atoms with Gasteiger partial charge in [-0.3, -0.25) is 4.79 Å². The van der Waals surface area contributed by atoms with Crippen molar-refractivity contribution in [3.63, 3.8) is 0 Å². The van der Waals surface area contributed by atoms with E-state index >= 15 is 0 Å². The van der Waals surface area contributed by atoms with Crippen LogP contribution in [0.1, 0.15) is 129 Å². The molecule has 0 aromatic heterocycles. The highest BCUT2D eigenvalue weighted by atomic mass is 32.2. The molecule has 0 radical (unpaired) electrons. The van der Waals surface area contributed by atoms with Gasteiger partial charge in [-0.15, -0.1) is 0 Å². The van der Waals surface area contributed by atoms with Gasteiger partial charge in [0.1, 0.15) is 51.8 Å². The van der Waals surface area contributed by atoms with Crippen LogP contribution in [0.25, 0.3) is 0 Å². The first-order valence-corrected chi connectivity index (χ1v) is 22.5. The molecule has 0 spiro atoms. The molecule has 2 fully saturated rings. The molecule has 0 heterocycles. The summed E-state index contributed by atoms with van der Waals surface area (Å²) < 4.78 is 77.4. The number of carbonyl (C=O) groups excluding carboxylic acids is 1. The second-order valence-electron chi connectivity index (χ2n) is 17.5. The van der Waals surface area contributed by atoms with Gasteiger partial charge >= 0.3 is 10.1 Å². The number of Topliss-reactive ketones (excluding diaryl/α,β-unsaturated/α-hetero) is 1. The number of rotatable bonds is 11. The first-order chi connectivity index (χ1) is 28.9. The van der Waals surface area contributed by atoms with Gasteiger partial charge in [-0.05, 0) is 48.4 Å². The molecular formula is C49H60O11S. The molecule has 4 aromatic rings. The van der Waals surface area contributed by atoms with Crippen LogP contribution < -0.4 is 37.3 Å². The molecule has 6 atom stereocenters. The lowest BCUT2D eigenvalue weighted by molar-refractivity contribution is -0.128. The predicted molar refractivity (Wildman–Crippen MR) is 235 cm³/mol. The predicted octanol–water partition coefficient (Wildman–Crippen LogP) is 9.77. The zero-order valence-corrected chi connectivity index (χ0v) is 38.5. The molecule has 0 saturated heterocycles. The van der Waals surface area contributed by atoms with E-state index in [0.29, 0.717) is 58.7 Å². The third-order valence-corrected chi connectivity index (χ3v) is 15.9. The molecule has 0 amide bonds. The van der Waals surface area contributed by atoms with Gasteiger partial charge in [0.25, 0.3) is 0 Å². The van der Waals surface area contributed by atoms with Crippen LogP contribution in [0.4, 0.5) is 0 Å². The van der Waals surface area contributed by atoms with Crippen molar-refractivity contribution in [2.24, 2.45) is 16.7 Å². The fourth-order valence-electron chi connectivity index (χ4n) is 10.6. The van der Waals surface area contributed by atoms with Crippen molar-refractivity contribution in [1.82, 2.24) is 0 Å². The Labute approximate surface area is 361 Å². The van der Waals surface area contributed by atoms with E-state index in [-0.39, 0.29) is 35.2 Å². The second-order valence-corrected chi connectivity index (χ2v) is 19.0. The molecule has 61 heavy (non-hydrogen) atoms. The third kappa shape index (κ3) is 7.12. The van der Waals surface area contributed by atoms with Gasteiger partial charge in [0.05, 0.1) is 60.9 Å². The number of ether oxygens (including phenoxy) is 7. The van der Waals surface area contributed by atoms with Gasteiger partial charge < -0.3 is 37.3 Å². The minimum absolute atomic E-state index is 0.00298. The molecule has 4 aromatic carbocycles. The molecular weight excluding hydrogens is 797 g/mol. The summed E-state index contributed by atoms with van der Waals surface area (Å²) in [4.78, 5) is 13.5. The second kappa shape index (κ2) is 16.3. The lowest BCUT2D eigenvalue weighted by Crippen LogP contribution is -2.43. The lowest BCUT2D eigenvalue weighted by atomic mass is 9.70. The van der Waals surface area contributed by atoms with Crippen molar-refractivity contribution in [3.8, 4) is 46.0 Å². The van der Waals surface area contributed by atoms with E-state index in [9.17, 15) is 13.2 Å². The van der Waals surface area contributed by atoms with Gasteiger partial charge in [0, 0.05) is 98.9 Å². The Kier molecular flexibility index (Phi) is 11.8. The van der Waals surface area contributed by atoms with Crippen LogP contribution in [0.3, 0.4) is 0 Å². The van der Waals surface area contributed by atoms with Crippen molar-refractivity contribution < 1.29 is 50.6 Å². The number of hydrogen-bond donors (Lipinski definition) is 0. The molecule has 11 nitrogen and oxygen atoms in total. The lowest BCUT2D eigenvalue weighted by Gasteiger charge is -2.36. The van der Waals surface area contributed by atoms with Crippen LogP contribution >= 0.6 is 0 Å². The van der Waals surface area contributed by atoms with Gasteiger partial charge in [0.15, 0.2) is 0 Å². The molecule has 2 saturated carbocycles. The van der Waals surface area contributed by atoms with Crippen LogP contribution in [-0.4, -0.2) is 69.7 Å². The Morgan fingerprint density at radius 2 is 0.770 bits per heavy atom. The van der Waals surface area contributed by atoms with Crippen LogP contribution in [0.2, 0.25) is 0 Å². The molecule has 328 valence electrons. The maximum absolute atomic E-state index is 14.4. The Balaban J connectivity index is 1.52. The molecule has 0 aliphatic heterocycles. The maximum Gasteiger partial charge on any atom is 0.310 e. The van der Waals surface area contributed by atoms with E-state index in [1.807, 2.05) is 45.0 Å². The summed E-state index contributed by atoms with van der Waals surface area (Å²) in [6.45, 7) is 12.3. The largest absolute Gasteiger partial charge is 0.496 e. The van der Waals surface area contributed by atoms with Crippen LogP contribution in [0, 0.1) is 16.7 Å². The van der Waals surface area contributed by atoms with Crippen molar-refractivity contribution >= 4 is 15.9 Å². The Bertz CT molecular complexity index is 2470. The molecule has 3 aliphatic rings. The minimum atomic E-state index is -4.32. The highest BCUT2D eigenvalue weighted by Crippen LogP contribution is 2.64. The fraction of sp³-hybridized carbons (Fsp3) is 0.490. The zero-order chi connectivity index (χ0) is 44.3. The third-order valence-electron chi connectivity index (χ3n) is 14.6.